The topological polar surface area (TPSA) is 20.5 Å². The summed E-state index contributed by atoms with van der Waals surface area (Å²) in [4.78, 5) is 0. The third-order valence-electron chi connectivity index (χ3n) is 2.64. The van der Waals surface area contributed by atoms with Crippen LogP contribution in [-0.4, -0.2) is 23.7 Å². The standard InChI is InChI=1S/C14H13BrF3N3/c1-20(2)19-13-7-6-10(14(16,17)18)9-21(13)12-5-3-4-11(15)8-12/h3-9H,1-2H3/b19-13+. The van der Waals surface area contributed by atoms with Crippen LogP contribution < -0.4 is 5.49 Å². The molecule has 112 valence electrons. The molecule has 0 N–H and O–H groups in total. The van der Waals surface area contributed by atoms with Gasteiger partial charge in [-0.25, -0.2) is 0 Å². The fraction of sp³-hybridized carbons (Fsp3) is 0.214. The van der Waals surface area contributed by atoms with Gasteiger partial charge in [0.25, 0.3) is 0 Å². The highest BCUT2D eigenvalue weighted by molar-refractivity contribution is 9.10. The van der Waals surface area contributed by atoms with Gasteiger partial charge in [0.05, 0.1) is 5.56 Å². The average Bonchev–Trinajstić information content (AvgIpc) is 2.37. The summed E-state index contributed by atoms with van der Waals surface area (Å²) in [5.41, 5.74) is 0.280. The van der Waals surface area contributed by atoms with Crippen LogP contribution in [0.2, 0.25) is 0 Å². The second-order valence-electron chi connectivity index (χ2n) is 4.57. The summed E-state index contributed by atoms with van der Waals surface area (Å²) >= 11 is 3.32. The minimum absolute atomic E-state index is 0.408. The molecule has 2 aromatic rings. The van der Waals surface area contributed by atoms with Crippen molar-refractivity contribution in [3.05, 3.63) is 58.1 Å². The van der Waals surface area contributed by atoms with Gasteiger partial charge < -0.3 is 5.01 Å². The predicted octanol–water partition coefficient (Wildman–Crippen LogP) is 3.64. The zero-order valence-corrected chi connectivity index (χ0v) is 13.0. The highest BCUT2D eigenvalue weighted by atomic mass is 79.9. The van der Waals surface area contributed by atoms with Gasteiger partial charge in [-0.15, -0.1) is 0 Å². The second kappa shape index (κ2) is 5.93. The van der Waals surface area contributed by atoms with Gasteiger partial charge in [-0.1, -0.05) is 22.0 Å². The maximum atomic E-state index is 12.9. The molecule has 21 heavy (non-hydrogen) atoms. The van der Waals surface area contributed by atoms with Crippen LogP contribution in [0.1, 0.15) is 5.56 Å². The summed E-state index contributed by atoms with van der Waals surface area (Å²) in [7, 11) is 3.42. The first-order valence-electron chi connectivity index (χ1n) is 6.05. The van der Waals surface area contributed by atoms with Crippen LogP contribution in [0.3, 0.4) is 0 Å². The van der Waals surface area contributed by atoms with E-state index in [1.165, 1.54) is 15.6 Å². The van der Waals surface area contributed by atoms with Gasteiger partial charge in [0, 0.05) is 30.5 Å². The lowest BCUT2D eigenvalue weighted by Gasteiger charge is -2.14. The Bertz CT molecular complexity index is 705. The number of halogens is 4. The highest BCUT2D eigenvalue weighted by Gasteiger charge is 2.31. The lowest BCUT2D eigenvalue weighted by Crippen LogP contribution is -2.24. The van der Waals surface area contributed by atoms with E-state index in [9.17, 15) is 13.2 Å². The van der Waals surface area contributed by atoms with Crippen LogP contribution in [-0.2, 0) is 6.18 Å². The summed E-state index contributed by atoms with van der Waals surface area (Å²) in [6, 6.07) is 9.39. The van der Waals surface area contributed by atoms with Crippen LogP contribution in [0.4, 0.5) is 13.2 Å². The molecule has 3 nitrogen and oxygen atoms in total. The third-order valence-corrected chi connectivity index (χ3v) is 3.14. The number of benzene rings is 1. The molecule has 0 spiro atoms. The maximum Gasteiger partial charge on any atom is 0.417 e. The minimum Gasteiger partial charge on any atom is -0.301 e. The van der Waals surface area contributed by atoms with Crippen LogP contribution in [0.25, 0.3) is 5.69 Å². The monoisotopic (exact) mass is 359 g/mol. The number of hydrogen-bond acceptors (Lipinski definition) is 2. The maximum absolute atomic E-state index is 12.9. The van der Waals surface area contributed by atoms with Crippen molar-refractivity contribution in [3.8, 4) is 5.69 Å². The molecule has 0 atom stereocenters. The molecule has 1 heterocycles. The average molecular weight is 360 g/mol. The van der Waals surface area contributed by atoms with Crippen molar-refractivity contribution in [2.24, 2.45) is 5.10 Å². The van der Waals surface area contributed by atoms with Crippen molar-refractivity contribution in [2.75, 3.05) is 14.1 Å². The largest absolute Gasteiger partial charge is 0.417 e. The number of pyridine rings is 1. The second-order valence-corrected chi connectivity index (χ2v) is 5.49. The lowest BCUT2D eigenvalue weighted by atomic mass is 10.2. The van der Waals surface area contributed by atoms with E-state index in [1.54, 1.807) is 38.4 Å². The Balaban J connectivity index is 2.70. The van der Waals surface area contributed by atoms with Crippen LogP contribution >= 0.6 is 15.9 Å². The third kappa shape index (κ3) is 3.87. The molecule has 0 bridgehead atoms. The van der Waals surface area contributed by atoms with E-state index < -0.39 is 11.7 Å². The SMILES string of the molecule is CN(C)/N=c1\ccc(C(F)(F)F)cn1-c1cccc(Br)c1. The molecule has 0 aliphatic heterocycles. The van der Waals surface area contributed by atoms with Crippen molar-refractivity contribution in [1.82, 2.24) is 9.58 Å². The molecule has 1 aromatic heterocycles. The van der Waals surface area contributed by atoms with E-state index in [1.807, 2.05) is 0 Å². The van der Waals surface area contributed by atoms with Crippen LogP contribution in [0.15, 0.2) is 52.2 Å². The Morgan fingerprint density at radius 1 is 1.14 bits per heavy atom. The number of nitrogens with zero attached hydrogens (tertiary/aromatic N) is 3. The normalized spacial score (nSPS) is 12.6. The molecule has 1 aromatic carbocycles. The Morgan fingerprint density at radius 2 is 1.86 bits per heavy atom. The zero-order chi connectivity index (χ0) is 15.6. The summed E-state index contributed by atoms with van der Waals surface area (Å²) < 4.78 is 40.9. The molecule has 0 saturated heterocycles. The first-order chi connectivity index (χ1) is 9.77. The molecule has 0 radical (unpaired) electrons. The first-order valence-corrected chi connectivity index (χ1v) is 6.84. The van der Waals surface area contributed by atoms with E-state index >= 15 is 0 Å². The molecule has 7 heteroatoms. The van der Waals surface area contributed by atoms with E-state index in [0.717, 1.165) is 16.7 Å². The van der Waals surface area contributed by atoms with Crippen LogP contribution in [0.5, 0.6) is 0 Å². The fourth-order valence-corrected chi connectivity index (χ4v) is 2.17. The van der Waals surface area contributed by atoms with Crippen molar-refractivity contribution in [2.45, 2.75) is 6.18 Å². The van der Waals surface area contributed by atoms with Gasteiger partial charge in [-0.05, 0) is 30.3 Å². The fourth-order valence-electron chi connectivity index (χ4n) is 1.78. The van der Waals surface area contributed by atoms with E-state index in [2.05, 4.69) is 21.0 Å². The zero-order valence-electron chi connectivity index (χ0n) is 11.4. The Morgan fingerprint density at radius 3 is 2.43 bits per heavy atom. The minimum atomic E-state index is -4.40. The number of rotatable bonds is 2. The number of hydrogen-bond donors (Lipinski definition) is 0. The molecule has 0 saturated carbocycles. The summed E-state index contributed by atoms with van der Waals surface area (Å²) in [5, 5.41) is 5.74. The van der Waals surface area contributed by atoms with Gasteiger partial charge in [0.2, 0.25) is 0 Å². The predicted molar refractivity (Wildman–Crippen MR) is 77.7 cm³/mol. The van der Waals surface area contributed by atoms with Crippen molar-refractivity contribution in [1.29, 1.82) is 0 Å². The summed E-state index contributed by atoms with van der Waals surface area (Å²) in [6.07, 6.45) is -3.35. The Labute approximate surface area is 128 Å². The number of aromatic nitrogens is 1. The smallest absolute Gasteiger partial charge is 0.301 e. The molecule has 0 aliphatic rings. The number of alkyl halides is 3. The summed E-state index contributed by atoms with van der Waals surface area (Å²) in [5.74, 6) is 0. The Kier molecular flexibility index (Phi) is 4.41. The molecular formula is C14H13BrF3N3. The Hall–Kier alpha value is -1.76. The quantitative estimate of drug-likeness (QED) is 0.749. The van der Waals surface area contributed by atoms with Gasteiger partial charge in [-0.3, -0.25) is 4.57 Å². The van der Waals surface area contributed by atoms with Gasteiger partial charge >= 0.3 is 6.18 Å². The van der Waals surface area contributed by atoms with E-state index in [-0.39, 0.29) is 0 Å². The lowest BCUT2D eigenvalue weighted by molar-refractivity contribution is -0.138. The molecule has 0 fully saturated rings. The molecule has 0 amide bonds. The van der Waals surface area contributed by atoms with Gasteiger partial charge in [-0.2, -0.15) is 18.3 Å². The van der Waals surface area contributed by atoms with Crippen molar-refractivity contribution >= 4 is 15.9 Å². The molecular weight excluding hydrogens is 347 g/mol. The van der Waals surface area contributed by atoms with E-state index in [0.29, 0.717) is 11.2 Å². The first kappa shape index (κ1) is 15.6. The van der Waals surface area contributed by atoms with Crippen molar-refractivity contribution in [3.63, 3.8) is 0 Å². The van der Waals surface area contributed by atoms with Gasteiger partial charge in [0.1, 0.15) is 0 Å². The van der Waals surface area contributed by atoms with E-state index in [4.69, 9.17) is 0 Å². The molecule has 0 unspecified atom stereocenters. The van der Waals surface area contributed by atoms with Crippen molar-refractivity contribution < 1.29 is 13.2 Å². The molecule has 2 rings (SSSR count). The highest BCUT2D eigenvalue weighted by Crippen LogP contribution is 2.28. The van der Waals surface area contributed by atoms with Crippen LogP contribution in [0, 0.1) is 0 Å². The molecule has 0 aliphatic carbocycles. The van der Waals surface area contributed by atoms with Gasteiger partial charge in [0.15, 0.2) is 5.49 Å². The summed E-state index contributed by atoms with van der Waals surface area (Å²) in [6.45, 7) is 0.